The van der Waals surface area contributed by atoms with E-state index in [1.807, 2.05) is 0 Å². The quantitative estimate of drug-likeness (QED) is 0.511. The van der Waals surface area contributed by atoms with Gasteiger partial charge in [-0.25, -0.2) is 0 Å². The molecule has 6 heavy (non-hydrogen) atoms. The third kappa shape index (κ3) is 48.9. The molecule has 0 aromatic carbocycles. The minimum absolute atomic E-state index is 0. The maximum absolute atomic E-state index is 3.55. The van der Waals surface area contributed by atoms with Gasteiger partial charge in [-0.15, -0.1) is 0 Å². The van der Waals surface area contributed by atoms with Crippen molar-refractivity contribution in [2.75, 3.05) is 0 Å². The molecule has 0 radical (unpaired) electrons. The molecule has 3 heteroatoms. The first-order valence-electron chi connectivity index (χ1n) is 1.51. The molecule has 0 atom stereocenters. The summed E-state index contributed by atoms with van der Waals surface area (Å²) in [6.07, 6.45) is 0. The van der Waals surface area contributed by atoms with Gasteiger partial charge in [-0.1, -0.05) is 0 Å². The summed E-state index contributed by atoms with van der Waals surface area (Å²) in [6.45, 7) is 0. The van der Waals surface area contributed by atoms with Crippen molar-refractivity contribution < 1.29 is 17.0 Å². The van der Waals surface area contributed by atoms with E-state index in [0.717, 1.165) is 0 Å². The van der Waals surface area contributed by atoms with E-state index in [1.165, 1.54) is 0 Å². The van der Waals surface area contributed by atoms with Gasteiger partial charge in [0.25, 0.3) is 0 Å². The van der Waals surface area contributed by atoms with Crippen molar-refractivity contribution in [3.63, 3.8) is 0 Å². The normalized spacial score (nSPS) is 10.0. The average Bonchev–Trinajstić information content (AvgIpc) is 0.722. The van der Waals surface area contributed by atoms with Crippen LogP contribution in [0.1, 0.15) is 0 Å². The Morgan fingerprint density at radius 2 is 1.17 bits per heavy atom. The van der Waals surface area contributed by atoms with Crippen molar-refractivity contribution in [2.45, 2.75) is 17.1 Å². The molecule has 0 saturated heterocycles. The van der Waals surface area contributed by atoms with Crippen LogP contribution >= 0.6 is 13.9 Å². The Morgan fingerprint density at radius 1 is 1.17 bits per heavy atom. The van der Waals surface area contributed by atoms with Crippen LogP contribution in [0.4, 0.5) is 0 Å². The number of halogens is 2. The van der Waals surface area contributed by atoms with Crippen LogP contribution in [0.15, 0.2) is 0 Å². The van der Waals surface area contributed by atoms with Gasteiger partial charge in [0.1, 0.15) is 0 Å². The fourth-order valence-corrected chi connectivity index (χ4v) is 0. The molecule has 0 bridgehead atoms. The van der Waals surface area contributed by atoms with E-state index >= 15 is 0 Å². The van der Waals surface area contributed by atoms with Gasteiger partial charge < -0.3 is 17.0 Å². The summed E-state index contributed by atoms with van der Waals surface area (Å²) < 4.78 is 0. The maximum atomic E-state index is 3.55. The zero-order valence-electron chi connectivity index (χ0n) is 4.20. The summed E-state index contributed by atoms with van der Waals surface area (Å²) in [6, 6.07) is 0. The summed E-state index contributed by atoms with van der Waals surface area (Å²) in [5.41, 5.74) is 6.83. The molecular weight excluding hydrogens is 271 g/mol. The van der Waals surface area contributed by atoms with Crippen LogP contribution in [0, 0.1) is 0 Å². The summed E-state index contributed by atoms with van der Waals surface area (Å²) in [7, 11) is 0. The smallest absolute Gasteiger partial charge is 1.00 e. The molecule has 0 nitrogen and oxygen atoms in total. The van der Waals surface area contributed by atoms with Gasteiger partial charge in [-0.3, -0.25) is 0 Å². The van der Waals surface area contributed by atoms with Crippen LogP contribution in [-0.4, -0.2) is 11.7 Å². The van der Waals surface area contributed by atoms with Crippen molar-refractivity contribution in [2.24, 2.45) is 0 Å². The van der Waals surface area contributed by atoms with E-state index in [2.05, 4.69) is 31.1 Å². The Kier molecular flexibility index (Phi) is 6.14. The second-order valence-electron chi connectivity index (χ2n) is 1.85. The molecule has 0 saturated carbocycles. The van der Waals surface area contributed by atoms with Crippen LogP contribution in [0.25, 0.3) is 0 Å². The van der Waals surface area contributed by atoms with Crippen molar-refractivity contribution >= 4 is 25.6 Å². The predicted molar refractivity (Wildman–Crippen MR) is 32.3 cm³/mol. The first kappa shape index (κ1) is 10.5. The average molecular weight is 280 g/mol. The zero-order chi connectivity index (χ0) is 4.50. The second kappa shape index (κ2) is 3.51. The molecule has 40 valence electrons. The van der Waals surface area contributed by atoms with Gasteiger partial charge in [0.2, 0.25) is 0 Å². The molecule has 0 rings (SSSR count). The first-order chi connectivity index (χ1) is 2.00. The molecule has 0 N–H and O–H groups in total. The maximum Gasteiger partial charge on any atom is -1.00 e. The van der Waals surface area contributed by atoms with Crippen LogP contribution < -0.4 is 17.0 Å². The van der Waals surface area contributed by atoms with E-state index in [0.29, 0.717) is 0 Å². The van der Waals surface area contributed by atoms with Crippen molar-refractivity contribution in [3.05, 3.63) is 0 Å². The molecule has 0 spiro atoms. The Bertz CT molecular complexity index is 24.3. The van der Waals surface area contributed by atoms with Crippen LogP contribution in [0.2, 0.25) is 17.1 Å². The van der Waals surface area contributed by atoms with Crippen molar-refractivity contribution in [1.29, 1.82) is 0 Å². The number of rotatable bonds is 0. The van der Waals surface area contributed by atoms with E-state index in [-0.39, 0.29) is 17.0 Å². The van der Waals surface area contributed by atoms with Crippen LogP contribution in [0.5, 0.6) is 0 Å². The minimum Gasteiger partial charge on any atom is -1.00 e. The summed E-state index contributed by atoms with van der Waals surface area (Å²) in [4.78, 5) is 0. The fraction of sp³-hybridized carbons (Fsp3) is 1.00. The molecule has 0 heterocycles. The van der Waals surface area contributed by atoms with E-state index in [9.17, 15) is 0 Å². The molecule has 0 fully saturated rings. The predicted octanol–water partition coefficient (Wildman–Crippen LogP) is -0.780. The first-order valence-corrected chi connectivity index (χ1v) is 11.5. The Labute approximate surface area is 59.5 Å². The van der Waals surface area contributed by atoms with Gasteiger partial charge in [-0.2, -0.15) is 0 Å². The van der Waals surface area contributed by atoms with Gasteiger partial charge in [-0.05, 0) is 0 Å². The van der Waals surface area contributed by atoms with E-state index < -0.39 is 11.7 Å². The molecular formula is C3H9AsBr2. The Balaban J connectivity index is 0. The SMILES string of the molecule is C[As+](C)(C)Br.[Br-]. The van der Waals surface area contributed by atoms with Gasteiger partial charge in [0.05, 0.1) is 0 Å². The molecule has 0 aromatic heterocycles. The monoisotopic (exact) mass is 278 g/mol. The molecule has 0 aliphatic carbocycles. The molecule has 0 aliphatic heterocycles. The third-order valence-corrected chi connectivity index (χ3v) is 0. The molecule has 0 aliphatic rings. The Morgan fingerprint density at radius 3 is 1.17 bits per heavy atom. The van der Waals surface area contributed by atoms with E-state index in [1.54, 1.807) is 0 Å². The summed E-state index contributed by atoms with van der Waals surface area (Å²) in [5, 5.41) is 0. The minimum atomic E-state index is -1.06. The largest absolute Gasteiger partial charge is 1.00 e. The van der Waals surface area contributed by atoms with Crippen LogP contribution in [0.3, 0.4) is 0 Å². The van der Waals surface area contributed by atoms with Crippen LogP contribution in [-0.2, 0) is 0 Å². The number of hydrogen-bond acceptors (Lipinski definition) is 0. The summed E-state index contributed by atoms with van der Waals surface area (Å²) >= 11 is 2.48. The van der Waals surface area contributed by atoms with Crippen molar-refractivity contribution in [3.8, 4) is 0 Å². The van der Waals surface area contributed by atoms with Crippen molar-refractivity contribution in [1.82, 2.24) is 0 Å². The third-order valence-electron chi connectivity index (χ3n) is 0. The fourth-order valence-electron chi connectivity index (χ4n) is 0. The van der Waals surface area contributed by atoms with Gasteiger partial charge >= 0.3 is 42.8 Å². The molecule has 0 aromatic rings. The van der Waals surface area contributed by atoms with E-state index in [4.69, 9.17) is 0 Å². The topological polar surface area (TPSA) is 0 Å². The second-order valence-corrected chi connectivity index (χ2v) is 20.7. The number of hydrogen-bond donors (Lipinski definition) is 0. The Hall–Kier alpha value is 1.52. The summed E-state index contributed by atoms with van der Waals surface area (Å²) in [5.74, 6) is 0. The molecule has 0 unspecified atom stereocenters. The molecule has 0 amide bonds. The zero-order valence-corrected chi connectivity index (χ0v) is 9.25. The van der Waals surface area contributed by atoms with Gasteiger partial charge in [0, 0.05) is 0 Å². The standard InChI is InChI=1S/C3H9AsBr.BrH/c1-4(2,3)5;/h1-3H3;1H/q+1;/p-1. The van der Waals surface area contributed by atoms with Gasteiger partial charge in [0.15, 0.2) is 0 Å².